The van der Waals surface area contributed by atoms with Crippen LogP contribution in [0.2, 0.25) is 0 Å². The molecule has 100 valence electrons. The predicted molar refractivity (Wildman–Crippen MR) is 69.2 cm³/mol. The Hall–Kier alpha value is -0.902. The molecule has 0 unspecified atom stereocenters. The topological polar surface area (TPSA) is 87.4 Å². The third-order valence-electron chi connectivity index (χ3n) is 1.83. The Labute approximate surface area is 122 Å². The molecule has 0 atom stereocenters. The molecule has 1 aromatic rings. The smallest absolute Gasteiger partial charge is 0.481 e. The number of nitrogens with two attached hydrogens (primary N) is 1. The average molecular weight is 421 g/mol. The molecule has 0 aliphatic heterocycles. The van der Waals surface area contributed by atoms with Crippen molar-refractivity contribution in [1.29, 1.82) is 0 Å². The summed E-state index contributed by atoms with van der Waals surface area (Å²) < 4.78 is 0. The number of anilines is 1. The number of amides is 2. The molecule has 0 fully saturated rings. The van der Waals surface area contributed by atoms with Gasteiger partial charge in [0.15, 0.2) is 0 Å². The van der Waals surface area contributed by atoms with E-state index in [1.165, 1.54) is 6.54 Å². The van der Waals surface area contributed by atoms with Gasteiger partial charge in [-0.05, 0) is 12.1 Å². The fraction of sp³-hybridized carbons (Fsp3) is 0.250. The van der Waals surface area contributed by atoms with Gasteiger partial charge in [-0.3, -0.25) is 0 Å². The quantitative estimate of drug-likeness (QED) is 0.548. The molecule has 1 rings (SSSR count). The Morgan fingerprint density at radius 3 is 2.28 bits per heavy atom. The summed E-state index contributed by atoms with van der Waals surface area (Å²) >= 11 is 0. The average Bonchev–Trinajstić information content (AvgIpc) is 2.39. The Kier molecular flexibility index (Phi) is 13.6. The van der Waals surface area contributed by atoms with E-state index in [2.05, 4.69) is 23.3 Å². The standard InChI is InChI=1S/C10H13N2O.C2H6NO.W/c1-3-8-4-6-9(7-5-8)12-10(13)11-2;3-1-2-4;/h4-7H,1,3H2,2H3,(H2,11,12,13);1,4H,2-3H2;/q2*-1;+2. The molecule has 0 aliphatic rings. The van der Waals surface area contributed by atoms with Gasteiger partial charge < -0.3 is 28.4 Å². The second-order valence-electron chi connectivity index (χ2n) is 3.07. The maximum atomic E-state index is 10.9. The monoisotopic (exact) mass is 421 g/mol. The normalized spacial score (nSPS) is 8.44. The maximum Gasteiger partial charge on any atom is 2.00 e. The van der Waals surface area contributed by atoms with Crippen LogP contribution in [0.1, 0.15) is 5.56 Å². The van der Waals surface area contributed by atoms with Crippen LogP contribution in [0.4, 0.5) is 10.5 Å². The third-order valence-corrected chi connectivity index (χ3v) is 1.83. The van der Waals surface area contributed by atoms with Crippen LogP contribution in [0.25, 0.3) is 0 Å². The second kappa shape index (κ2) is 12.6. The fourth-order valence-electron chi connectivity index (χ4n) is 0.948. The van der Waals surface area contributed by atoms with Crippen LogP contribution in [0, 0.1) is 13.5 Å². The molecular weight excluding hydrogens is 402 g/mol. The van der Waals surface area contributed by atoms with Crippen LogP contribution in [-0.4, -0.2) is 24.8 Å². The van der Waals surface area contributed by atoms with Crippen molar-refractivity contribution in [3.05, 3.63) is 43.3 Å². The second-order valence-corrected chi connectivity index (χ2v) is 3.07. The molecule has 0 bridgehead atoms. The summed E-state index contributed by atoms with van der Waals surface area (Å²) in [5.74, 6) is 0. The van der Waals surface area contributed by atoms with E-state index >= 15 is 0 Å². The van der Waals surface area contributed by atoms with Gasteiger partial charge >= 0.3 is 27.1 Å². The van der Waals surface area contributed by atoms with Crippen LogP contribution < -0.4 is 16.4 Å². The summed E-state index contributed by atoms with van der Waals surface area (Å²) in [6.45, 7) is 4.92. The summed E-state index contributed by atoms with van der Waals surface area (Å²) in [5.41, 5.74) is 6.60. The van der Waals surface area contributed by atoms with Crippen LogP contribution in [0.15, 0.2) is 24.3 Å². The summed E-state index contributed by atoms with van der Waals surface area (Å²) in [5, 5.41) is 12.8. The molecule has 0 heterocycles. The number of hydrogen-bond donors (Lipinski definition) is 4. The first-order valence-electron chi connectivity index (χ1n) is 5.19. The summed E-state index contributed by atoms with van der Waals surface area (Å²) in [4.78, 5) is 10.9. The molecule has 5 nitrogen and oxygen atoms in total. The molecule has 0 spiro atoms. The molecule has 2 amide bonds. The Morgan fingerprint density at radius 1 is 1.44 bits per heavy atom. The van der Waals surface area contributed by atoms with Crippen molar-refractivity contribution in [2.24, 2.45) is 5.73 Å². The molecule has 0 saturated carbocycles. The van der Waals surface area contributed by atoms with E-state index < -0.39 is 0 Å². The van der Waals surface area contributed by atoms with Gasteiger partial charge in [0.05, 0.1) is 0 Å². The molecule has 0 aromatic heterocycles. The first-order chi connectivity index (χ1) is 8.17. The molecule has 0 aliphatic carbocycles. The van der Waals surface area contributed by atoms with Crippen molar-refractivity contribution in [2.45, 2.75) is 6.42 Å². The number of nitrogens with one attached hydrogen (secondary N) is 2. The van der Waals surface area contributed by atoms with Gasteiger partial charge in [-0.25, -0.2) is 11.3 Å². The zero-order valence-electron chi connectivity index (χ0n) is 10.3. The molecule has 18 heavy (non-hydrogen) atoms. The summed E-state index contributed by atoms with van der Waals surface area (Å²) in [6, 6.07) is 7.39. The number of benzene rings is 1. The zero-order valence-corrected chi connectivity index (χ0v) is 13.3. The molecule has 0 saturated heterocycles. The van der Waals surface area contributed by atoms with E-state index in [0.717, 1.165) is 17.7 Å². The molecule has 1 aromatic carbocycles. The minimum Gasteiger partial charge on any atom is -0.481 e. The van der Waals surface area contributed by atoms with Crippen molar-refractivity contribution in [3.8, 4) is 0 Å². The molecule has 5 N–H and O–H groups in total. The van der Waals surface area contributed by atoms with Crippen LogP contribution in [0.3, 0.4) is 0 Å². The first-order valence-corrected chi connectivity index (χ1v) is 5.19. The van der Waals surface area contributed by atoms with E-state index in [9.17, 15) is 4.79 Å². The van der Waals surface area contributed by atoms with Gasteiger partial charge in [0.25, 0.3) is 0 Å². The van der Waals surface area contributed by atoms with E-state index in [1.807, 2.05) is 24.3 Å². The summed E-state index contributed by atoms with van der Waals surface area (Å²) in [6.07, 6.45) is 0.764. The number of aliphatic hydroxyl groups excluding tert-OH is 1. The predicted octanol–water partition coefficient (Wildman–Crippen LogP) is 0.911. The first kappa shape index (κ1) is 19.4. The number of carbonyl (C=O) groups is 1. The van der Waals surface area contributed by atoms with Crippen molar-refractivity contribution in [3.63, 3.8) is 0 Å². The Morgan fingerprint density at radius 2 is 1.94 bits per heavy atom. The van der Waals surface area contributed by atoms with Crippen molar-refractivity contribution >= 4 is 11.7 Å². The Bertz CT molecular complexity index is 316. The van der Waals surface area contributed by atoms with Crippen LogP contribution in [0.5, 0.6) is 0 Å². The number of rotatable bonds is 3. The molecular formula is C12H19N3O2W. The SMILES string of the molecule is N[CH-]CO.[CH2-]Cc1ccc(NC(=O)NC)cc1.[W+2]. The third kappa shape index (κ3) is 9.16. The van der Waals surface area contributed by atoms with Gasteiger partial charge in [0.1, 0.15) is 0 Å². The van der Waals surface area contributed by atoms with Gasteiger partial charge in [-0.2, -0.15) is 6.42 Å². The molecule has 6 heteroatoms. The van der Waals surface area contributed by atoms with Crippen LogP contribution in [-0.2, 0) is 27.5 Å². The van der Waals surface area contributed by atoms with E-state index in [1.54, 1.807) is 7.05 Å². The number of aliphatic hydroxyl groups is 1. The zero-order chi connectivity index (χ0) is 13.1. The minimum atomic E-state index is -0.206. The Balaban J connectivity index is 0. The van der Waals surface area contributed by atoms with Gasteiger partial charge in [-0.15, -0.1) is 0 Å². The van der Waals surface area contributed by atoms with Crippen LogP contribution >= 0.6 is 0 Å². The largest absolute Gasteiger partial charge is 2.00 e. The number of hydrogen-bond acceptors (Lipinski definition) is 3. The van der Waals surface area contributed by atoms with E-state index in [4.69, 9.17) is 5.11 Å². The van der Waals surface area contributed by atoms with Crippen molar-refractivity contribution in [1.82, 2.24) is 5.32 Å². The molecule has 0 radical (unpaired) electrons. The number of carbonyl (C=O) groups excluding carboxylic acids is 1. The van der Waals surface area contributed by atoms with E-state index in [0.29, 0.717) is 0 Å². The minimum absolute atomic E-state index is 0. The van der Waals surface area contributed by atoms with Crippen molar-refractivity contribution < 1.29 is 31.0 Å². The maximum absolute atomic E-state index is 10.9. The van der Waals surface area contributed by atoms with Crippen molar-refractivity contribution in [2.75, 3.05) is 19.0 Å². The fourth-order valence-corrected chi connectivity index (χ4v) is 0.948. The van der Waals surface area contributed by atoms with Gasteiger partial charge in [-0.1, -0.05) is 24.3 Å². The van der Waals surface area contributed by atoms with Gasteiger partial charge in [0.2, 0.25) is 0 Å². The summed E-state index contributed by atoms with van der Waals surface area (Å²) in [7, 11) is 1.58. The van der Waals surface area contributed by atoms with E-state index in [-0.39, 0.29) is 33.7 Å². The number of urea groups is 1. The van der Waals surface area contributed by atoms with Gasteiger partial charge in [0, 0.05) is 12.7 Å².